The van der Waals surface area contributed by atoms with E-state index in [-0.39, 0.29) is 0 Å². The first-order valence-corrected chi connectivity index (χ1v) is 8.42. The molecule has 0 atom stereocenters. The van der Waals surface area contributed by atoms with E-state index in [0.717, 1.165) is 70.8 Å². The van der Waals surface area contributed by atoms with E-state index in [0.29, 0.717) is 0 Å². The van der Waals surface area contributed by atoms with Gasteiger partial charge in [-0.2, -0.15) is 0 Å². The molecule has 0 spiro atoms. The van der Waals surface area contributed by atoms with Crippen LogP contribution in [0.3, 0.4) is 0 Å². The molecule has 0 bridgehead atoms. The number of ether oxygens (including phenoxy) is 2. The Bertz CT molecular complexity index is 281. The number of nitrogens with zero attached hydrogens (tertiary/aromatic N) is 2. The number of nitrogens with one attached hydrogen (secondary N) is 1. The van der Waals surface area contributed by atoms with Gasteiger partial charge < -0.3 is 19.7 Å². The van der Waals surface area contributed by atoms with Gasteiger partial charge in [0.1, 0.15) is 0 Å². The van der Waals surface area contributed by atoms with Crippen LogP contribution in [0.15, 0.2) is 4.99 Å². The predicted octanol–water partition coefficient (Wildman–Crippen LogP) is 2.13. The summed E-state index contributed by atoms with van der Waals surface area (Å²) >= 11 is 0. The zero-order valence-electron chi connectivity index (χ0n) is 14.1. The number of hydrogen-bond acceptors (Lipinski definition) is 3. The van der Waals surface area contributed by atoms with E-state index in [1.807, 2.05) is 6.92 Å². The van der Waals surface area contributed by atoms with Crippen LogP contribution in [-0.4, -0.2) is 64.0 Å². The highest BCUT2D eigenvalue weighted by Crippen LogP contribution is 2.28. The zero-order chi connectivity index (χ0) is 15.3. The molecular weight excluding hydrogens is 266 g/mol. The fourth-order valence-corrected chi connectivity index (χ4v) is 1.96. The summed E-state index contributed by atoms with van der Waals surface area (Å²) in [4.78, 5) is 6.81. The van der Waals surface area contributed by atoms with Crippen molar-refractivity contribution in [3.8, 4) is 0 Å². The molecule has 1 aliphatic carbocycles. The SMILES string of the molecule is CCNC(=NCCCCOCC)N(C)CCOCC1CC1. The molecule has 1 rings (SSSR count). The number of aliphatic imine (C=N–C) groups is 1. The Balaban J connectivity index is 2.14. The highest BCUT2D eigenvalue weighted by atomic mass is 16.5. The molecule has 1 aliphatic rings. The molecule has 0 aromatic rings. The monoisotopic (exact) mass is 299 g/mol. The molecule has 21 heavy (non-hydrogen) atoms. The molecule has 0 radical (unpaired) electrons. The van der Waals surface area contributed by atoms with Gasteiger partial charge in [-0.3, -0.25) is 4.99 Å². The van der Waals surface area contributed by atoms with Crippen LogP contribution in [0.5, 0.6) is 0 Å². The van der Waals surface area contributed by atoms with Gasteiger partial charge in [0.25, 0.3) is 0 Å². The Morgan fingerprint density at radius 1 is 1.19 bits per heavy atom. The summed E-state index contributed by atoms with van der Waals surface area (Å²) in [6.45, 7) is 10.1. The highest BCUT2D eigenvalue weighted by Gasteiger charge is 2.21. The molecule has 0 heterocycles. The fraction of sp³-hybridized carbons (Fsp3) is 0.938. The van der Waals surface area contributed by atoms with Gasteiger partial charge in [0.2, 0.25) is 0 Å². The van der Waals surface area contributed by atoms with Gasteiger partial charge >= 0.3 is 0 Å². The smallest absolute Gasteiger partial charge is 0.193 e. The summed E-state index contributed by atoms with van der Waals surface area (Å²) in [5.74, 6) is 1.81. The quantitative estimate of drug-likeness (QED) is 0.341. The summed E-state index contributed by atoms with van der Waals surface area (Å²) in [7, 11) is 2.07. The van der Waals surface area contributed by atoms with E-state index in [1.54, 1.807) is 0 Å². The van der Waals surface area contributed by atoms with Gasteiger partial charge in [0, 0.05) is 46.5 Å². The van der Waals surface area contributed by atoms with Gasteiger partial charge in [-0.15, -0.1) is 0 Å². The molecule has 0 aromatic heterocycles. The molecule has 0 aromatic carbocycles. The van der Waals surface area contributed by atoms with Crippen molar-refractivity contribution >= 4 is 5.96 Å². The summed E-state index contributed by atoms with van der Waals surface area (Å²) in [5.41, 5.74) is 0. The highest BCUT2D eigenvalue weighted by molar-refractivity contribution is 5.79. The van der Waals surface area contributed by atoms with Crippen LogP contribution in [0.4, 0.5) is 0 Å². The number of guanidine groups is 1. The van der Waals surface area contributed by atoms with Gasteiger partial charge in [0.15, 0.2) is 5.96 Å². The first kappa shape index (κ1) is 18.2. The Labute approximate surface area is 130 Å². The third-order valence-corrected chi connectivity index (χ3v) is 3.48. The molecule has 5 nitrogen and oxygen atoms in total. The van der Waals surface area contributed by atoms with E-state index >= 15 is 0 Å². The van der Waals surface area contributed by atoms with Crippen molar-refractivity contribution in [2.24, 2.45) is 10.9 Å². The molecule has 1 N–H and O–H groups in total. The maximum Gasteiger partial charge on any atom is 0.193 e. The molecule has 1 fully saturated rings. The minimum Gasteiger partial charge on any atom is -0.382 e. The zero-order valence-corrected chi connectivity index (χ0v) is 14.1. The van der Waals surface area contributed by atoms with E-state index in [2.05, 4.69) is 29.2 Å². The topological polar surface area (TPSA) is 46.1 Å². The second-order valence-electron chi connectivity index (χ2n) is 5.58. The van der Waals surface area contributed by atoms with E-state index in [1.165, 1.54) is 12.8 Å². The maximum absolute atomic E-state index is 5.69. The summed E-state index contributed by atoms with van der Waals surface area (Å²) in [5, 5.41) is 3.34. The second-order valence-corrected chi connectivity index (χ2v) is 5.58. The van der Waals surface area contributed by atoms with Crippen LogP contribution in [0.25, 0.3) is 0 Å². The van der Waals surface area contributed by atoms with Gasteiger partial charge in [-0.25, -0.2) is 0 Å². The first-order valence-electron chi connectivity index (χ1n) is 8.42. The Hall–Kier alpha value is -0.810. The van der Waals surface area contributed by atoms with Gasteiger partial charge in [-0.05, 0) is 45.4 Å². The van der Waals surface area contributed by atoms with Crippen molar-refractivity contribution in [2.75, 3.05) is 53.1 Å². The average molecular weight is 299 g/mol. The molecule has 0 saturated heterocycles. The molecule has 0 unspecified atom stereocenters. The lowest BCUT2D eigenvalue weighted by Crippen LogP contribution is -2.40. The third kappa shape index (κ3) is 9.69. The largest absolute Gasteiger partial charge is 0.382 e. The van der Waals surface area contributed by atoms with Crippen LogP contribution >= 0.6 is 0 Å². The van der Waals surface area contributed by atoms with Crippen molar-refractivity contribution in [1.82, 2.24) is 10.2 Å². The summed E-state index contributed by atoms with van der Waals surface area (Å²) in [6, 6.07) is 0. The van der Waals surface area contributed by atoms with Gasteiger partial charge in [-0.1, -0.05) is 0 Å². The minimum atomic E-state index is 0.780. The number of rotatable bonds is 12. The van der Waals surface area contributed by atoms with Crippen molar-refractivity contribution in [3.63, 3.8) is 0 Å². The fourth-order valence-electron chi connectivity index (χ4n) is 1.96. The van der Waals surface area contributed by atoms with E-state index in [9.17, 15) is 0 Å². The lowest BCUT2D eigenvalue weighted by Gasteiger charge is -2.22. The van der Waals surface area contributed by atoms with Crippen molar-refractivity contribution in [2.45, 2.75) is 39.5 Å². The Morgan fingerprint density at radius 2 is 2.00 bits per heavy atom. The first-order chi connectivity index (χ1) is 10.3. The lowest BCUT2D eigenvalue weighted by atomic mass is 10.3. The van der Waals surface area contributed by atoms with Gasteiger partial charge in [0.05, 0.1) is 6.61 Å². The third-order valence-electron chi connectivity index (χ3n) is 3.48. The van der Waals surface area contributed by atoms with Crippen molar-refractivity contribution < 1.29 is 9.47 Å². The second kappa shape index (κ2) is 11.8. The minimum absolute atomic E-state index is 0.780. The standard InChI is InChI=1S/C16H33N3O2/c1-4-17-16(18-10-6-7-12-20-5-2)19(3)11-13-21-14-15-8-9-15/h15H,4-14H2,1-3H3,(H,17,18). The van der Waals surface area contributed by atoms with Crippen LogP contribution < -0.4 is 5.32 Å². The van der Waals surface area contributed by atoms with Crippen LogP contribution in [0.1, 0.15) is 39.5 Å². The number of hydrogen-bond donors (Lipinski definition) is 1. The van der Waals surface area contributed by atoms with Crippen LogP contribution in [0.2, 0.25) is 0 Å². The molecular formula is C16H33N3O2. The van der Waals surface area contributed by atoms with Crippen LogP contribution in [0, 0.1) is 5.92 Å². The Kier molecular flexibility index (Phi) is 10.3. The van der Waals surface area contributed by atoms with Crippen molar-refractivity contribution in [3.05, 3.63) is 0 Å². The van der Waals surface area contributed by atoms with Crippen LogP contribution in [-0.2, 0) is 9.47 Å². The Morgan fingerprint density at radius 3 is 2.67 bits per heavy atom. The van der Waals surface area contributed by atoms with E-state index in [4.69, 9.17) is 9.47 Å². The summed E-state index contributed by atoms with van der Waals surface area (Å²) < 4.78 is 11.0. The number of unbranched alkanes of at least 4 members (excludes halogenated alkanes) is 1. The molecule has 0 aliphatic heterocycles. The van der Waals surface area contributed by atoms with Crippen molar-refractivity contribution in [1.29, 1.82) is 0 Å². The lowest BCUT2D eigenvalue weighted by molar-refractivity contribution is 0.115. The molecule has 1 saturated carbocycles. The molecule has 5 heteroatoms. The predicted molar refractivity (Wildman–Crippen MR) is 87.9 cm³/mol. The average Bonchev–Trinajstić information content (AvgIpc) is 3.30. The normalized spacial score (nSPS) is 15.3. The summed E-state index contributed by atoms with van der Waals surface area (Å²) in [6.07, 6.45) is 4.84. The number of likely N-dealkylation sites (N-methyl/N-ethyl adjacent to an activating group) is 1. The molecule has 124 valence electrons. The van der Waals surface area contributed by atoms with E-state index < -0.39 is 0 Å². The molecule has 0 amide bonds. The maximum atomic E-state index is 5.69.